The number of rotatable bonds is 2. The SMILES string of the molecule is CCC(C)NC(=O)O.Cl.Cl.Cl.Cl. The average molecular weight is 263 g/mol. The smallest absolute Gasteiger partial charge is 0.404 e. The summed E-state index contributed by atoms with van der Waals surface area (Å²) in [4.78, 5) is 9.86. The van der Waals surface area contributed by atoms with Gasteiger partial charge >= 0.3 is 6.09 Å². The summed E-state index contributed by atoms with van der Waals surface area (Å²) in [5.74, 6) is 0. The highest BCUT2D eigenvalue weighted by atomic mass is 35.5. The Balaban J connectivity index is -0.0000000408. The third kappa shape index (κ3) is 22.4. The Morgan fingerprint density at radius 3 is 1.75 bits per heavy atom. The van der Waals surface area contributed by atoms with Crippen molar-refractivity contribution in [2.75, 3.05) is 0 Å². The summed E-state index contributed by atoms with van der Waals surface area (Å²) in [6.07, 6.45) is -0.105. The van der Waals surface area contributed by atoms with Crippen LogP contribution in [0.25, 0.3) is 0 Å². The van der Waals surface area contributed by atoms with Gasteiger partial charge < -0.3 is 10.4 Å². The van der Waals surface area contributed by atoms with Gasteiger partial charge in [0.1, 0.15) is 0 Å². The van der Waals surface area contributed by atoms with Gasteiger partial charge in [-0.25, -0.2) is 4.79 Å². The van der Waals surface area contributed by atoms with Gasteiger partial charge in [0.2, 0.25) is 0 Å². The van der Waals surface area contributed by atoms with Gasteiger partial charge in [0.15, 0.2) is 0 Å². The highest BCUT2D eigenvalue weighted by Crippen LogP contribution is 1.85. The van der Waals surface area contributed by atoms with Crippen molar-refractivity contribution < 1.29 is 9.90 Å². The van der Waals surface area contributed by atoms with E-state index in [1.807, 2.05) is 13.8 Å². The van der Waals surface area contributed by atoms with Gasteiger partial charge in [-0.1, -0.05) is 6.92 Å². The summed E-state index contributed by atoms with van der Waals surface area (Å²) >= 11 is 0. The van der Waals surface area contributed by atoms with Crippen molar-refractivity contribution in [2.45, 2.75) is 26.3 Å². The summed E-state index contributed by atoms with van der Waals surface area (Å²) in [6.45, 7) is 3.76. The van der Waals surface area contributed by atoms with Crippen molar-refractivity contribution in [2.24, 2.45) is 0 Å². The molecule has 0 rings (SSSR count). The molecule has 0 spiro atoms. The molecule has 1 unspecified atom stereocenters. The first-order chi connectivity index (χ1) is 3.66. The number of amides is 1. The van der Waals surface area contributed by atoms with Crippen LogP contribution in [0.15, 0.2) is 0 Å². The minimum Gasteiger partial charge on any atom is -0.465 e. The summed E-state index contributed by atoms with van der Waals surface area (Å²) in [7, 11) is 0. The minimum absolute atomic E-state index is 0. The van der Waals surface area contributed by atoms with Crippen molar-refractivity contribution in [1.29, 1.82) is 0 Å². The van der Waals surface area contributed by atoms with Gasteiger partial charge in [0.25, 0.3) is 0 Å². The quantitative estimate of drug-likeness (QED) is 0.804. The van der Waals surface area contributed by atoms with Crippen LogP contribution in [0.1, 0.15) is 20.3 Å². The lowest BCUT2D eigenvalue weighted by Crippen LogP contribution is -2.30. The molecule has 2 N–H and O–H groups in total. The average Bonchev–Trinajstić information content (AvgIpc) is 1.65. The second kappa shape index (κ2) is 17.5. The number of hydrogen-bond donors (Lipinski definition) is 2. The van der Waals surface area contributed by atoms with Gasteiger partial charge in [0, 0.05) is 6.04 Å². The standard InChI is InChI=1S/C5H11NO2.4ClH/c1-3-4(2)6-5(7)8;;;;/h4,6H,3H2,1-2H3,(H,7,8);4*1H. The zero-order chi connectivity index (χ0) is 6.57. The Kier molecular flexibility index (Phi) is 42.9. The van der Waals surface area contributed by atoms with Crippen LogP contribution in [0.4, 0.5) is 4.79 Å². The Hall–Kier alpha value is 0.430. The molecule has 1 atom stereocenters. The normalized spacial score (nSPS) is 8.50. The molecule has 0 aromatic heterocycles. The third-order valence-electron chi connectivity index (χ3n) is 0.982. The Morgan fingerprint density at radius 2 is 1.67 bits per heavy atom. The van der Waals surface area contributed by atoms with Crippen LogP contribution in [0.3, 0.4) is 0 Å². The maximum atomic E-state index is 9.86. The maximum absolute atomic E-state index is 9.86. The summed E-state index contributed by atoms with van der Waals surface area (Å²) < 4.78 is 0. The van der Waals surface area contributed by atoms with Crippen molar-refractivity contribution in [1.82, 2.24) is 5.32 Å². The number of carbonyl (C=O) groups is 1. The summed E-state index contributed by atoms with van der Waals surface area (Å²) in [6, 6.07) is 0.0764. The highest BCUT2D eigenvalue weighted by molar-refractivity contribution is 5.86. The van der Waals surface area contributed by atoms with Crippen LogP contribution in [-0.2, 0) is 0 Å². The second-order valence-corrected chi connectivity index (χ2v) is 1.76. The first-order valence-corrected chi connectivity index (χ1v) is 2.66. The molecule has 12 heavy (non-hydrogen) atoms. The topological polar surface area (TPSA) is 49.3 Å². The molecule has 3 nitrogen and oxygen atoms in total. The van der Waals surface area contributed by atoms with Crippen molar-refractivity contribution in [3.63, 3.8) is 0 Å². The lowest BCUT2D eigenvalue weighted by Gasteiger charge is -2.05. The molecule has 0 fully saturated rings. The predicted molar refractivity (Wildman–Crippen MR) is 59.9 cm³/mol. The molecular weight excluding hydrogens is 248 g/mol. The van der Waals surface area contributed by atoms with Gasteiger partial charge in [-0.15, -0.1) is 49.6 Å². The van der Waals surface area contributed by atoms with Crippen LogP contribution in [-0.4, -0.2) is 17.2 Å². The number of nitrogens with one attached hydrogen (secondary N) is 1. The van der Waals surface area contributed by atoms with Crippen LogP contribution >= 0.6 is 49.6 Å². The van der Waals surface area contributed by atoms with E-state index in [0.717, 1.165) is 6.42 Å². The first-order valence-electron chi connectivity index (χ1n) is 2.66. The van der Waals surface area contributed by atoms with Gasteiger partial charge in [0.05, 0.1) is 0 Å². The van der Waals surface area contributed by atoms with E-state index < -0.39 is 6.09 Å². The molecular formula is C5H15Cl4NO2. The van der Waals surface area contributed by atoms with Crippen LogP contribution < -0.4 is 5.32 Å². The van der Waals surface area contributed by atoms with Crippen LogP contribution in [0.2, 0.25) is 0 Å². The van der Waals surface area contributed by atoms with E-state index in [1.54, 1.807) is 0 Å². The molecule has 7 heteroatoms. The predicted octanol–water partition coefficient (Wildman–Crippen LogP) is 2.74. The molecule has 0 aliphatic carbocycles. The molecule has 80 valence electrons. The molecule has 0 saturated heterocycles. The fourth-order valence-electron chi connectivity index (χ4n) is 0.313. The maximum Gasteiger partial charge on any atom is 0.404 e. The lowest BCUT2D eigenvalue weighted by atomic mass is 10.3. The van der Waals surface area contributed by atoms with E-state index in [-0.39, 0.29) is 55.7 Å². The van der Waals surface area contributed by atoms with Crippen LogP contribution in [0, 0.1) is 0 Å². The van der Waals surface area contributed by atoms with E-state index in [2.05, 4.69) is 5.32 Å². The highest BCUT2D eigenvalue weighted by Gasteiger charge is 1.99. The minimum atomic E-state index is -0.945. The molecule has 0 aromatic carbocycles. The first kappa shape index (κ1) is 29.4. The molecule has 1 amide bonds. The fourth-order valence-corrected chi connectivity index (χ4v) is 0.313. The molecule has 0 bridgehead atoms. The molecule has 0 aliphatic heterocycles. The zero-order valence-electron chi connectivity index (χ0n) is 6.77. The summed E-state index contributed by atoms with van der Waals surface area (Å²) in [5.41, 5.74) is 0. The largest absolute Gasteiger partial charge is 0.465 e. The van der Waals surface area contributed by atoms with E-state index in [1.165, 1.54) is 0 Å². The van der Waals surface area contributed by atoms with Gasteiger partial charge in [-0.2, -0.15) is 0 Å². The van der Waals surface area contributed by atoms with Crippen molar-refractivity contribution in [3.8, 4) is 0 Å². The van der Waals surface area contributed by atoms with Crippen molar-refractivity contribution >= 4 is 55.7 Å². The third-order valence-corrected chi connectivity index (χ3v) is 0.982. The lowest BCUT2D eigenvalue weighted by molar-refractivity contribution is 0.190. The second-order valence-electron chi connectivity index (χ2n) is 1.76. The molecule has 0 radical (unpaired) electrons. The summed E-state index contributed by atoms with van der Waals surface area (Å²) in [5, 5.41) is 10.4. The number of halogens is 4. The van der Waals surface area contributed by atoms with E-state index in [0.29, 0.717) is 0 Å². The molecule has 0 aromatic rings. The van der Waals surface area contributed by atoms with Gasteiger partial charge in [-0.3, -0.25) is 0 Å². The number of carboxylic acid groups (broad SMARTS) is 1. The molecule has 0 heterocycles. The van der Waals surface area contributed by atoms with E-state index >= 15 is 0 Å². The Morgan fingerprint density at radius 1 is 1.33 bits per heavy atom. The zero-order valence-corrected chi connectivity index (χ0v) is 10.0. The van der Waals surface area contributed by atoms with Crippen LogP contribution in [0.5, 0.6) is 0 Å². The Bertz CT molecular complexity index is 93.5. The molecule has 0 aliphatic rings. The van der Waals surface area contributed by atoms with E-state index in [9.17, 15) is 4.79 Å². The molecule has 0 saturated carbocycles. The van der Waals surface area contributed by atoms with Gasteiger partial charge in [-0.05, 0) is 13.3 Å². The number of hydrogen-bond acceptors (Lipinski definition) is 1. The fraction of sp³-hybridized carbons (Fsp3) is 0.800. The van der Waals surface area contributed by atoms with E-state index in [4.69, 9.17) is 5.11 Å². The Labute approximate surface area is 97.3 Å². The monoisotopic (exact) mass is 261 g/mol. The van der Waals surface area contributed by atoms with Crippen molar-refractivity contribution in [3.05, 3.63) is 0 Å².